The van der Waals surface area contributed by atoms with E-state index in [4.69, 9.17) is 0 Å². The van der Waals surface area contributed by atoms with Gasteiger partial charge in [0.1, 0.15) is 6.17 Å². The number of nitrogens with one attached hydrogen (secondary N) is 1. The van der Waals surface area contributed by atoms with Crippen LogP contribution in [0.1, 0.15) is 32.6 Å². The van der Waals surface area contributed by atoms with Crippen molar-refractivity contribution in [2.75, 3.05) is 32.7 Å². The average Bonchev–Trinajstić information content (AvgIpc) is 2.31. The molecule has 94 valence electrons. The van der Waals surface area contributed by atoms with E-state index in [2.05, 4.69) is 17.1 Å². The van der Waals surface area contributed by atoms with Crippen molar-refractivity contribution in [3.8, 4) is 0 Å². The number of hydrogen-bond acceptors (Lipinski definition) is 2. The molecule has 0 saturated carbocycles. The van der Waals surface area contributed by atoms with Gasteiger partial charge in [-0.05, 0) is 50.7 Å². The molecule has 0 amide bonds. The van der Waals surface area contributed by atoms with Crippen LogP contribution in [0.4, 0.5) is 4.39 Å². The summed E-state index contributed by atoms with van der Waals surface area (Å²) in [5.74, 6) is 1.12. The standard InChI is InChI=1S/C13H25FN2/c1-2-12-5-8-16(10-13(12)14)9-11-3-6-15-7-4-11/h11-13,15H,2-10H2,1H3/t12-,13+/m1/s1. The molecule has 0 aromatic heterocycles. The predicted molar refractivity (Wildman–Crippen MR) is 65.3 cm³/mol. The molecule has 0 radical (unpaired) electrons. The van der Waals surface area contributed by atoms with Crippen molar-refractivity contribution < 1.29 is 4.39 Å². The minimum absolute atomic E-state index is 0.323. The van der Waals surface area contributed by atoms with Crippen molar-refractivity contribution in [3.05, 3.63) is 0 Å². The lowest BCUT2D eigenvalue weighted by atomic mass is 9.91. The van der Waals surface area contributed by atoms with Crippen LogP contribution in [-0.2, 0) is 0 Å². The van der Waals surface area contributed by atoms with E-state index in [0.29, 0.717) is 12.5 Å². The number of nitrogens with zero attached hydrogens (tertiary/aromatic N) is 1. The van der Waals surface area contributed by atoms with Crippen LogP contribution < -0.4 is 5.32 Å². The number of hydrogen-bond donors (Lipinski definition) is 1. The van der Waals surface area contributed by atoms with Crippen molar-refractivity contribution in [2.45, 2.75) is 38.8 Å². The van der Waals surface area contributed by atoms with Crippen molar-refractivity contribution in [3.63, 3.8) is 0 Å². The Bertz CT molecular complexity index is 204. The van der Waals surface area contributed by atoms with E-state index in [1.807, 2.05) is 0 Å². The molecule has 0 aromatic rings. The molecule has 2 saturated heterocycles. The third-order valence-electron chi connectivity index (χ3n) is 4.26. The Balaban J connectivity index is 1.74. The highest BCUT2D eigenvalue weighted by atomic mass is 19.1. The third-order valence-corrected chi connectivity index (χ3v) is 4.26. The van der Waals surface area contributed by atoms with Crippen LogP contribution in [0.5, 0.6) is 0 Å². The highest BCUT2D eigenvalue weighted by Gasteiger charge is 2.29. The number of alkyl halides is 1. The van der Waals surface area contributed by atoms with Crippen molar-refractivity contribution >= 4 is 0 Å². The lowest BCUT2D eigenvalue weighted by Gasteiger charge is -2.37. The molecule has 0 bridgehead atoms. The molecule has 2 atom stereocenters. The maximum atomic E-state index is 13.8. The van der Waals surface area contributed by atoms with Gasteiger partial charge in [-0.25, -0.2) is 4.39 Å². The molecule has 3 heteroatoms. The van der Waals surface area contributed by atoms with E-state index in [1.54, 1.807) is 0 Å². The molecule has 1 N–H and O–H groups in total. The second kappa shape index (κ2) is 5.97. The quantitative estimate of drug-likeness (QED) is 0.795. The molecule has 2 nitrogen and oxygen atoms in total. The average molecular weight is 228 g/mol. The Labute approximate surface area is 98.6 Å². The second-order valence-electron chi connectivity index (χ2n) is 5.43. The summed E-state index contributed by atoms with van der Waals surface area (Å²) < 4.78 is 13.8. The highest BCUT2D eigenvalue weighted by Crippen LogP contribution is 2.25. The van der Waals surface area contributed by atoms with Gasteiger partial charge in [-0.2, -0.15) is 0 Å². The first-order valence-electron chi connectivity index (χ1n) is 6.86. The molecule has 0 aromatic carbocycles. The molecule has 0 aliphatic carbocycles. The molecule has 2 heterocycles. The van der Waals surface area contributed by atoms with Gasteiger partial charge in [-0.3, -0.25) is 0 Å². The molecule has 2 fully saturated rings. The molecule has 2 aliphatic heterocycles. The van der Waals surface area contributed by atoms with Crippen LogP contribution in [0.3, 0.4) is 0 Å². The smallest absolute Gasteiger partial charge is 0.116 e. The normalized spacial score (nSPS) is 34.1. The summed E-state index contributed by atoms with van der Waals surface area (Å²) in [6.45, 7) is 7.33. The Morgan fingerprint density at radius 3 is 2.62 bits per heavy atom. The van der Waals surface area contributed by atoms with E-state index in [9.17, 15) is 4.39 Å². The number of halogens is 1. The first-order chi connectivity index (χ1) is 7.79. The molecule has 2 aliphatic rings. The summed E-state index contributed by atoms with van der Waals surface area (Å²) in [6.07, 6.45) is 4.01. The fourth-order valence-corrected chi connectivity index (χ4v) is 3.07. The lowest BCUT2D eigenvalue weighted by Crippen LogP contribution is -2.45. The zero-order valence-corrected chi connectivity index (χ0v) is 10.4. The second-order valence-corrected chi connectivity index (χ2v) is 5.43. The van der Waals surface area contributed by atoms with Crippen LogP contribution >= 0.6 is 0 Å². The summed E-state index contributed by atoms with van der Waals surface area (Å²) in [5.41, 5.74) is 0. The van der Waals surface area contributed by atoms with E-state index in [-0.39, 0.29) is 0 Å². The number of piperidine rings is 2. The van der Waals surface area contributed by atoms with Crippen molar-refractivity contribution in [1.29, 1.82) is 0 Å². The van der Waals surface area contributed by atoms with Gasteiger partial charge < -0.3 is 10.2 Å². The predicted octanol–water partition coefficient (Wildman–Crippen LogP) is 2.06. The highest BCUT2D eigenvalue weighted by molar-refractivity contribution is 4.81. The zero-order valence-electron chi connectivity index (χ0n) is 10.4. The lowest BCUT2D eigenvalue weighted by molar-refractivity contribution is 0.0683. The van der Waals surface area contributed by atoms with E-state index in [0.717, 1.165) is 44.9 Å². The minimum Gasteiger partial charge on any atom is -0.317 e. The van der Waals surface area contributed by atoms with Gasteiger partial charge in [0.25, 0.3) is 0 Å². The van der Waals surface area contributed by atoms with Crippen molar-refractivity contribution in [2.24, 2.45) is 11.8 Å². The van der Waals surface area contributed by atoms with Gasteiger partial charge in [0.2, 0.25) is 0 Å². The Hall–Kier alpha value is -0.150. The molecule has 0 unspecified atom stereocenters. The van der Waals surface area contributed by atoms with Crippen molar-refractivity contribution in [1.82, 2.24) is 10.2 Å². The van der Waals surface area contributed by atoms with Gasteiger partial charge in [-0.15, -0.1) is 0 Å². The topological polar surface area (TPSA) is 15.3 Å². The van der Waals surface area contributed by atoms with Gasteiger partial charge in [-0.1, -0.05) is 13.3 Å². The minimum atomic E-state index is -0.583. The summed E-state index contributed by atoms with van der Waals surface area (Å²) >= 11 is 0. The van der Waals surface area contributed by atoms with Crippen LogP contribution in [0.2, 0.25) is 0 Å². The van der Waals surface area contributed by atoms with Crippen LogP contribution in [0.25, 0.3) is 0 Å². The summed E-state index contributed by atoms with van der Waals surface area (Å²) in [4.78, 5) is 2.35. The maximum absolute atomic E-state index is 13.8. The number of likely N-dealkylation sites (tertiary alicyclic amines) is 1. The largest absolute Gasteiger partial charge is 0.317 e. The zero-order chi connectivity index (χ0) is 11.4. The van der Waals surface area contributed by atoms with Crippen LogP contribution in [0, 0.1) is 11.8 Å². The summed E-state index contributed by atoms with van der Waals surface area (Å²) in [7, 11) is 0. The maximum Gasteiger partial charge on any atom is 0.116 e. The Kier molecular flexibility index (Phi) is 4.59. The monoisotopic (exact) mass is 228 g/mol. The van der Waals surface area contributed by atoms with Crippen LogP contribution in [0.15, 0.2) is 0 Å². The Morgan fingerprint density at radius 1 is 1.25 bits per heavy atom. The molecule has 0 spiro atoms. The summed E-state index contributed by atoms with van der Waals surface area (Å²) in [5, 5.41) is 3.38. The Morgan fingerprint density at radius 2 is 2.00 bits per heavy atom. The summed E-state index contributed by atoms with van der Waals surface area (Å²) in [6, 6.07) is 0. The van der Waals surface area contributed by atoms with Gasteiger partial charge >= 0.3 is 0 Å². The number of rotatable bonds is 3. The fraction of sp³-hybridized carbons (Fsp3) is 1.00. The fourth-order valence-electron chi connectivity index (χ4n) is 3.07. The van der Waals surface area contributed by atoms with Crippen LogP contribution in [-0.4, -0.2) is 43.8 Å². The molecule has 16 heavy (non-hydrogen) atoms. The van der Waals surface area contributed by atoms with Gasteiger partial charge in [0.05, 0.1) is 0 Å². The first-order valence-corrected chi connectivity index (χ1v) is 6.86. The van der Waals surface area contributed by atoms with E-state index >= 15 is 0 Å². The molecular weight excluding hydrogens is 203 g/mol. The molecular formula is C13H25FN2. The van der Waals surface area contributed by atoms with Gasteiger partial charge in [0, 0.05) is 13.1 Å². The van der Waals surface area contributed by atoms with E-state index in [1.165, 1.54) is 12.8 Å². The molecule has 2 rings (SSSR count). The van der Waals surface area contributed by atoms with E-state index < -0.39 is 6.17 Å². The SMILES string of the molecule is CC[C@@H]1CCN(CC2CCNCC2)C[C@@H]1F. The van der Waals surface area contributed by atoms with Gasteiger partial charge in [0.15, 0.2) is 0 Å². The first kappa shape index (κ1) is 12.3. The third kappa shape index (κ3) is 3.17.